The van der Waals surface area contributed by atoms with Gasteiger partial charge in [-0.2, -0.15) is 0 Å². The molecule has 0 saturated heterocycles. The van der Waals surface area contributed by atoms with Crippen LogP contribution in [0.3, 0.4) is 0 Å². The van der Waals surface area contributed by atoms with Crippen LogP contribution in [0.15, 0.2) is 22.7 Å². The summed E-state index contributed by atoms with van der Waals surface area (Å²) in [7, 11) is 0. The molecule has 102 valence electrons. The minimum Gasteiger partial charge on any atom is -0.322 e. The minimum absolute atomic E-state index is 0.122. The van der Waals surface area contributed by atoms with Crippen LogP contribution < -0.4 is 0 Å². The van der Waals surface area contributed by atoms with E-state index in [0.29, 0.717) is 5.88 Å². The van der Waals surface area contributed by atoms with E-state index in [1.807, 2.05) is 6.07 Å². The van der Waals surface area contributed by atoms with Gasteiger partial charge < -0.3 is 4.57 Å². The fourth-order valence-electron chi connectivity index (χ4n) is 2.97. The van der Waals surface area contributed by atoms with Gasteiger partial charge in [-0.25, -0.2) is 4.98 Å². The van der Waals surface area contributed by atoms with Crippen LogP contribution in [0.25, 0.3) is 11.0 Å². The van der Waals surface area contributed by atoms with Crippen molar-refractivity contribution in [3.8, 4) is 0 Å². The largest absolute Gasteiger partial charge is 0.322 e. The van der Waals surface area contributed by atoms with Crippen molar-refractivity contribution in [1.82, 2.24) is 9.55 Å². The molecule has 1 fully saturated rings. The normalized spacial score (nSPS) is 16.2. The Labute approximate surface area is 127 Å². The first-order valence-electron chi connectivity index (χ1n) is 6.77. The van der Waals surface area contributed by atoms with Crippen LogP contribution in [0.4, 0.5) is 0 Å². The highest BCUT2D eigenvalue weighted by Crippen LogP contribution is 2.45. The Morgan fingerprint density at radius 1 is 1.42 bits per heavy atom. The molecule has 2 aromatic rings. The molecule has 1 aliphatic rings. The molecule has 0 amide bonds. The van der Waals surface area contributed by atoms with Crippen molar-refractivity contribution >= 4 is 38.6 Å². The van der Waals surface area contributed by atoms with Crippen molar-refractivity contribution in [2.75, 3.05) is 5.88 Å². The minimum atomic E-state index is 0.122. The van der Waals surface area contributed by atoms with Gasteiger partial charge in [-0.1, -0.05) is 15.9 Å². The summed E-state index contributed by atoms with van der Waals surface area (Å²) in [5.74, 6) is 2.49. The fourth-order valence-corrected chi connectivity index (χ4v) is 3.48. The SMILES string of the molecule is CC(C)(C1CC1)n1c(CCCl)nc2ccc(Br)cc21. The average Bonchev–Trinajstić information content (AvgIpc) is 3.13. The zero-order chi connectivity index (χ0) is 13.6. The number of hydrogen-bond acceptors (Lipinski definition) is 1. The van der Waals surface area contributed by atoms with Crippen LogP contribution in [0.2, 0.25) is 0 Å². The maximum atomic E-state index is 5.95. The molecule has 0 aliphatic heterocycles. The Bertz CT molecular complexity index is 614. The van der Waals surface area contributed by atoms with Crippen LogP contribution in [-0.2, 0) is 12.0 Å². The van der Waals surface area contributed by atoms with Crippen molar-refractivity contribution in [3.63, 3.8) is 0 Å². The highest BCUT2D eigenvalue weighted by atomic mass is 79.9. The topological polar surface area (TPSA) is 17.8 Å². The van der Waals surface area contributed by atoms with Crippen molar-refractivity contribution in [1.29, 1.82) is 0 Å². The number of nitrogens with zero attached hydrogens (tertiary/aromatic N) is 2. The molecule has 0 atom stereocenters. The van der Waals surface area contributed by atoms with Gasteiger partial charge >= 0.3 is 0 Å². The summed E-state index contributed by atoms with van der Waals surface area (Å²) in [6, 6.07) is 6.30. The third kappa shape index (κ3) is 2.31. The summed E-state index contributed by atoms with van der Waals surface area (Å²) in [6.07, 6.45) is 3.46. The Morgan fingerprint density at radius 2 is 2.16 bits per heavy atom. The molecular formula is C15H18BrClN2. The monoisotopic (exact) mass is 340 g/mol. The van der Waals surface area contributed by atoms with E-state index in [4.69, 9.17) is 16.6 Å². The summed E-state index contributed by atoms with van der Waals surface area (Å²) in [5.41, 5.74) is 2.40. The third-order valence-corrected chi connectivity index (χ3v) is 4.84. The van der Waals surface area contributed by atoms with Crippen LogP contribution in [0.5, 0.6) is 0 Å². The second kappa shape index (κ2) is 4.78. The molecular weight excluding hydrogens is 324 g/mol. The molecule has 1 aromatic carbocycles. The van der Waals surface area contributed by atoms with E-state index in [1.54, 1.807) is 0 Å². The first kappa shape index (κ1) is 13.4. The molecule has 0 radical (unpaired) electrons. The molecule has 1 heterocycles. The number of halogens is 2. The van der Waals surface area contributed by atoms with Crippen LogP contribution in [0, 0.1) is 5.92 Å². The second-order valence-electron chi connectivity index (χ2n) is 5.86. The predicted molar refractivity (Wildman–Crippen MR) is 83.9 cm³/mol. The van der Waals surface area contributed by atoms with Gasteiger partial charge in [0.1, 0.15) is 5.82 Å². The van der Waals surface area contributed by atoms with E-state index < -0.39 is 0 Å². The Balaban J connectivity index is 2.23. The highest BCUT2D eigenvalue weighted by Gasteiger charge is 2.40. The van der Waals surface area contributed by atoms with E-state index in [1.165, 1.54) is 18.4 Å². The van der Waals surface area contributed by atoms with Gasteiger partial charge in [0.2, 0.25) is 0 Å². The van der Waals surface area contributed by atoms with Crippen LogP contribution in [0.1, 0.15) is 32.5 Å². The first-order valence-corrected chi connectivity index (χ1v) is 8.10. The van der Waals surface area contributed by atoms with Gasteiger partial charge in [0.05, 0.1) is 11.0 Å². The lowest BCUT2D eigenvalue weighted by molar-refractivity contribution is 0.305. The maximum absolute atomic E-state index is 5.95. The lowest BCUT2D eigenvalue weighted by atomic mass is 9.97. The summed E-state index contributed by atoms with van der Waals surface area (Å²) in [4.78, 5) is 4.78. The summed E-state index contributed by atoms with van der Waals surface area (Å²) >= 11 is 9.52. The summed E-state index contributed by atoms with van der Waals surface area (Å²) in [5, 5.41) is 0. The number of benzene rings is 1. The van der Waals surface area contributed by atoms with E-state index in [2.05, 4.69) is 46.5 Å². The molecule has 1 aromatic heterocycles. The number of alkyl halides is 1. The maximum Gasteiger partial charge on any atom is 0.111 e. The molecule has 1 aliphatic carbocycles. The lowest BCUT2D eigenvalue weighted by Crippen LogP contribution is -2.30. The molecule has 0 bridgehead atoms. The molecule has 3 rings (SSSR count). The number of fused-ring (bicyclic) bond motifs is 1. The molecule has 2 nitrogen and oxygen atoms in total. The van der Waals surface area contributed by atoms with Gasteiger partial charge in [0.25, 0.3) is 0 Å². The first-order chi connectivity index (χ1) is 9.04. The smallest absolute Gasteiger partial charge is 0.111 e. The number of aromatic nitrogens is 2. The van der Waals surface area contributed by atoms with E-state index in [9.17, 15) is 0 Å². The number of rotatable bonds is 4. The Kier molecular flexibility index (Phi) is 3.38. The predicted octanol–water partition coefficient (Wildman–Crippen LogP) is 4.73. The zero-order valence-electron chi connectivity index (χ0n) is 11.3. The van der Waals surface area contributed by atoms with Crippen LogP contribution >= 0.6 is 27.5 Å². The fraction of sp³-hybridized carbons (Fsp3) is 0.533. The van der Waals surface area contributed by atoms with E-state index >= 15 is 0 Å². The summed E-state index contributed by atoms with van der Waals surface area (Å²) in [6.45, 7) is 4.65. The summed E-state index contributed by atoms with van der Waals surface area (Å²) < 4.78 is 3.51. The van der Waals surface area contributed by atoms with Gasteiger partial charge in [0, 0.05) is 22.3 Å². The molecule has 1 saturated carbocycles. The zero-order valence-corrected chi connectivity index (χ0v) is 13.6. The lowest BCUT2D eigenvalue weighted by Gasteiger charge is -2.29. The van der Waals surface area contributed by atoms with Crippen molar-refractivity contribution < 1.29 is 0 Å². The van der Waals surface area contributed by atoms with Gasteiger partial charge in [0.15, 0.2) is 0 Å². The Morgan fingerprint density at radius 3 is 2.79 bits per heavy atom. The van der Waals surface area contributed by atoms with Gasteiger partial charge in [-0.05, 0) is 50.8 Å². The van der Waals surface area contributed by atoms with E-state index in [-0.39, 0.29) is 5.54 Å². The standard InChI is InChI=1S/C15H18BrClN2/c1-15(2,10-3-4-10)19-13-9-11(16)5-6-12(13)18-14(19)7-8-17/h5-6,9-10H,3-4,7-8H2,1-2H3. The average molecular weight is 342 g/mol. The number of hydrogen-bond donors (Lipinski definition) is 0. The number of aryl methyl sites for hydroxylation is 1. The Hall–Kier alpha value is -0.540. The molecule has 19 heavy (non-hydrogen) atoms. The van der Waals surface area contributed by atoms with Crippen LogP contribution in [-0.4, -0.2) is 15.4 Å². The van der Waals surface area contributed by atoms with Crippen molar-refractivity contribution in [2.45, 2.75) is 38.6 Å². The second-order valence-corrected chi connectivity index (χ2v) is 7.16. The quantitative estimate of drug-likeness (QED) is 0.735. The van der Waals surface area contributed by atoms with E-state index in [0.717, 1.165) is 28.2 Å². The van der Waals surface area contributed by atoms with Crippen molar-refractivity contribution in [2.24, 2.45) is 5.92 Å². The molecule has 0 unspecified atom stereocenters. The molecule has 0 N–H and O–H groups in total. The molecule has 4 heteroatoms. The van der Waals surface area contributed by atoms with Crippen molar-refractivity contribution in [3.05, 3.63) is 28.5 Å². The van der Waals surface area contributed by atoms with Gasteiger partial charge in [-0.3, -0.25) is 0 Å². The van der Waals surface area contributed by atoms with Gasteiger partial charge in [-0.15, -0.1) is 11.6 Å². The third-order valence-electron chi connectivity index (χ3n) is 4.16. The highest BCUT2D eigenvalue weighted by molar-refractivity contribution is 9.10. The molecule has 0 spiro atoms. The number of imidazole rings is 1.